The van der Waals surface area contributed by atoms with Crippen LogP contribution in [0.15, 0.2) is 84.0 Å². The fourth-order valence-electron chi connectivity index (χ4n) is 2.81. The third kappa shape index (κ3) is 7.19. The first-order valence-corrected chi connectivity index (χ1v) is 10.1. The summed E-state index contributed by atoms with van der Waals surface area (Å²) in [5, 5.41) is 13.2. The molecule has 1 N–H and O–H groups in total. The van der Waals surface area contributed by atoms with Crippen LogP contribution in [0.1, 0.15) is 24.5 Å². The maximum absolute atomic E-state index is 11.0. The van der Waals surface area contributed by atoms with Crippen LogP contribution in [0.2, 0.25) is 0 Å². The molecule has 0 aliphatic rings. The van der Waals surface area contributed by atoms with Crippen molar-refractivity contribution in [2.45, 2.75) is 19.8 Å². The minimum absolute atomic E-state index is 0.0589. The molecule has 6 heteroatoms. The van der Waals surface area contributed by atoms with E-state index in [0.29, 0.717) is 29.4 Å². The summed E-state index contributed by atoms with van der Waals surface area (Å²) in [5.41, 5.74) is 2.09. The Morgan fingerprint density at radius 3 is 2.42 bits per heavy atom. The number of nitrogens with zero attached hydrogens (tertiary/aromatic N) is 1. The third-order valence-electron chi connectivity index (χ3n) is 4.25. The predicted octanol–water partition coefficient (Wildman–Crippen LogP) is 5.32. The number of hydrogen-bond acceptors (Lipinski definition) is 5. The molecule has 0 saturated heterocycles. The monoisotopic (exact) mass is 419 g/mol. The summed E-state index contributed by atoms with van der Waals surface area (Å²) in [4.78, 5) is 16.4. The van der Waals surface area contributed by atoms with Gasteiger partial charge in [-0.25, -0.2) is 0 Å². The number of carbonyl (C=O) groups is 1. The van der Waals surface area contributed by atoms with Crippen molar-refractivity contribution in [1.82, 2.24) is 0 Å². The minimum atomic E-state index is -0.886. The van der Waals surface area contributed by atoms with Crippen molar-refractivity contribution < 1.29 is 24.2 Å². The van der Waals surface area contributed by atoms with E-state index in [1.165, 1.54) is 0 Å². The molecule has 3 rings (SSSR count). The molecule has 3 aromatic rings. The Morgan fingerprint density at radius 2 is 1.65 bits per heavy atom. The van der Waals surface area contributed by atoms with Gasteiger partial charge in [0.2, 0.25) is 0 Å². The van der Waals surface area contributed by atoms with E-state index in [9.17, 15) is 4.79 Å². The predicted molar refractivity (Wildman–Crippen MR) is 119 cm³/mol. The van der Waals surface area contributed by atoms with Gasteiger partial charge in [0.15, 0.2) is 0 Å². The molecule has 0 bridgehead atoms. The Hall–Kier alpha value is -3.80. The van der Waals surface area contributed by atoms with E-state index < -0.39 is 5.97 Å². The summed E-state index contributed by atoms with van der Waals surface area (Å²) in [6.45, 7) is 2.67. The van der Waals surface area contributed by atoms with Crippen LogP contribution in [0.5, 0.6) is 17.2 Å². The van der Waals surface area contributed by atoms with E-state index in [2.05, 4.69) is 5.16 Å². The maximum atomic E-state index is 11.0. The first-order chi connectivity index (χ1) is 15.1. The van der Waals surface area contributed by atoms with Crippen LogP contribution in [0.4, 0.5) is 0 Å². The number of carboxylic acids is 1. The van der Waals surface area contributed by atoms with Crippen LogP contribution in [0.3, 0.4) is 0 Å². The summed E-state index contributed by atoms with van der Waals surface area (Å²) in [7, 11) is 0. The number of rotatable bonds is 11. The zero-order valence-corrected chi connectivity index (χ0v) is 17.4. The van der Waals surface area contributed by atoms with Crippen LogP contribution in [-0.4, -0.2) is 30.0 Å². The minimum Gasteiger partial charge on any atom is -0.487 e. The van der Waals surface area contributed by atoms with Crippen LogP contribution in [-0.2, 0) is 16.1 Å². The van der Waals surface area contributed by atoms with Gasteiger partial charge in [-0.1, -0.05) is 54.5 Å². The van der Waals surface area contributed by atoms with Crippen molar-refractivity contribution in [2.24, 2.45) is 5.16 Å². The molecule has 6 nitrogen and oxygen atoms in total. The van der Waals surface area contributed by atoms with Crippen LogP contribution < -0.4 is 9.47 Å². The van der Waals surface area contributed by atoms with Gasteiger partial charge in [-0.05, 0) is 48.4 Å². The molecule has 0 aliphatic heterocycles. The number of para-hydroxylation sites is 1. The lowest BCUT2D eigenvalue weighted by atomic mass is 10.1. The smallest absolute Gasteiger partial charge is 0.307 e. The van der Waals surface area contributed by atoms with Crippen molar-refractivity contribution in [3.8, 4) is 17.2 Å². The van der Waals surface area contributed by atoms with Crippen molar-refractivity contribution >= 4 is 11.7 Å². The van der Waals surface area contributed by atoms with Crippen molar-refractivity contribution in [2.75, 3.05) is 13.2 Å². The van der Waals surface area contributed by atoms with E-state index >= 15 is 0 Å². The van der Waals surface area contributed by atoms with Gasteiger partial charge in [-0.3, -0.25) is 4.79 Å². The average molecular weight is 419 g/mol. The standard InChI is InChI=1S/C25H25NO5/c1-2-14-30-26-24(18-29-22-12-6-8-19(15-22)16-25(27)28)20-9-7-13-23(17-20)31-21-10-4-3-5-11-21/h3-13,15,17H,2,14,16,18H2,1H3,(H,27,28)/b26-24+. The lowest BCUT2D eigenvalue weighted by Gasteiger charge is -2.12. The summed E-state index contributed by atoms with van der Waals surface area (Å²) < 4.78 is 11.8. The van der Waals surface area contributed by atoms with E-state index in [1.807, 2.05) is 61.5 Å². The topological polar surface area (TPSA) is 77.4 Å². The van der Waals surface area contributed by atoms with Gasteiger partial charge in [-0.2, -0.15) is 0 Å². The molecule has 0 atom stereocenters. The number of aliphatic carboxylic acids is 1. The molecule has 0 fully saturated rings. The van der Waals surface area contributed by atoms with Gasteiger partial charge in [0.1, 0.15) is 36.2 Å². The first-order valence-electron chi connectivity index (χ1n) is 10.1. The third-order valence-corrected chi connectivity index (χ3v) is 4.25. The molecule has 0 unspecified atom stereocenters. The van der Waals surface area contributed by atoms with Gasteiger partial charge in [0, 0.05) is 5.56 Å². The van der Waals surface area contributed by atoms with Crippen molar-refractivity contribution in [3.63, 3.8) is 0 Å². The lowest BCUT2D eigenvalue weighted by molar-refractivity contribution is -0.136. The number of hydrogen-bond donors (Lipinski definition) is 1. The highest BCUT2D eigenvalue weighted by atomic mass is 16.6. The molecule has 0 amide bonds. The van der Waals surface area contributed by atoms with Crippen LogP contribution >= 0.6 is 0 Å². The molecule has 160 valence electrons. The average Bonchev–Trinajstić information content (AvgIpc) is 2.77. The number of oxime groups is 1. The molecule has 3 aromatic carbocycles. The molecule has 31 heavy (non-hydrogen) atoms. The molecule has 0 saturated carbocycles. The molecule has 0 aromatic heterocycles. The summed E-state index contributed by atoms with van der Waals surface area (Å²) in [5.74, 6) is 1.10. The summed E-state index contributed by atoms with van der Waals surface area (Å²) in [6.07, 6.45) is 0.780. The zero-order chi connectivity index (χ0) is 21.9. The fourth-order valence-corrected chi connectivity index (χ4v) is 2.81. The molecular formula is C25H25NO5. The molecular weight excluding hydrogens is 394 g/mol. The van der Waals surface area contributed by atoms with Gasteiger partial charge in [-0.15, -0.1) is 0 Å². The van der Waals surface area contributed by atoms with Gasteiger partial charge >= 0.3 is 5.97 Å². The Balaban J connectivity index is 1.76. The highest BCUT2D eigenvalue weighted by Gasteiger charge is 2.10. The molecule has 0 heterocycles. The number of ether oxygens (including phenoxy) is 2. The Bertz CT molecular complexity index is 1020. The van der Waals surface area contributed by atoms with Gasteiger partial charge in [0.05, 0.1) is 6.42 Å². The van der Waals surface area contributed by atoms with Crippen molar-refractivity contribution in [3.05, 3.63) is 90.0 Å². The highest BCUT2D eigenvalue weighted by molar-refractivity contribution is 6.01. The second-order valence-corrected chi connectivity index (χ2v) is 6.82. The largest absolute Gasteiger partial charge is 0.487 e. The summed E-state index contributed by atoms with van der Waals surface area (Å²) in [6, 6.07) is 24.1. The molecule has 0 aliphatic carbocycles. The second kappa shape index (κ2) is 11.4. The maximum Gasteiger partial charge on any atom is 0.307 e. The number of benzene rings is 3. The van der Waals surface area contributed by atoms with Gasteiger partial charge in [0.25, 0.3) is 0 Å². The Morgan fingerprint density at radius 1 is 0.903 bits per heavy atom. The van der Waals surface area contributed by atoms with Crippen LogP contribution in [0, 0.1) is 0 Å². The van der Waals surface area contributed by atoms with Crippen LogP contribution in [0.25, 0.3) is 0 Å². The number of carboxylic acid groups (broad SMARTS) is 1. The highest BCUT2D eigenvalue weighted by Crippen LogP contribution is 2.22. The lowest BCUT2D eigenvalue weighted by Crippen LogP contribution is -2.14. The molecule has 0 radical (unpaired) electrons. The zero-order valence-electron chi connectivity index (χ0n) is 17.4. The van der Waals surface area contributed by atoms with E-state index in [0.717, 1.165) is 17.7 Å². The normalized spacial score (nSPS) is 11.1. The second-order valence-electron chi connectivity index (χ2n) is 6.82. The SMILES string of the molecule is CCCO/N=C(\COc1cccc(CC(=O)O)c1)c1cccc(Oc2ccccc2)c1. The van der Waals surface area contributed by atoms with Gasteiger partial charge < -0.3 is 19.4 Å². The van der Waals surface area contributed by atoms with E-state index in [4.69, 9.17) is 19.4 Å². The van der Waals surface area contributed by atoms with E-state index in [-0.39, 0.29) is 13.0 Å². The summed E-state index contributed by atoms with van der Waals surface area (Å²) >= 11 is 0. The van der Waals surface area contributed by atoms with Crippen molar-refractivity contribution in [1.29, 1.82) is 0 Å². The quantitative estimate of drug-likeness (QED) is 0.259. The first kappa shape index (κ1) is 21.9. The molecule has 0 spiro atoms. The Labute approximate surface area is 181 Å². The fraction of sp³-hybridized carbons (Fsp3) is 0.200. The van der Waals surface area contributed by atoms with E-state index in [1.54, 1.807) is 24.3 Å². The Kier molecular flexibility index (Phi) is 8.05.